The zero-order valence-corrected chi connectivity index (χ0v) is 18.6. The Bertz CT molecular complexity index is 1600. The predicted octanol–water partition coefficient (Wildman–Crippen LogP) is 8.46. The van der Waals surface area contributed by atoms with Gasteiger partial charge >= 0.3 is 0 Å². The molecule has 0 unspecified atom stereocenters. The SMILES string of the molecule is N#Cc1cc2c(ccc3sc(/C=C/c4cc5c(ccc6sc(C#N)cc65)s4)cc32)s1. The maximum absolute atomic E-state index is 9.21. The van der Waals surface area contributed by atoms with E-state index < -0.39 is 0 Å². The van der Waals surface area contributed by atoms with Gasteiger partial charge in [-0.25, -0.2) is 0 Å². The van der Waals surface area contributed by atoms with Gasteiger partial charge in [0.2, 0.25) is 0 Å². The Balaban J connectivity index is 1.42. The van der Waals surface area contributed by atoms with Gasteiger partial charge in [-0.1, -0.05) is 0 Å². The normalized spacial score (nSPS) is 11.8. The Morgan fingerprint density at radius 3 is 1.30 bits per heavy atom. The van der Waals surface area contributed by atoms with Crippen LogP contribution in [-0.2, 0) is 0 Å². The van der Waals surface area contributed by atoms with Crippen LogP contribution in [0.5, 0.6) is 0 Å². The number of hydrogen-bond acceptors (Lipinski definition) is 6. The molecule has 4 aromatic heterocycles. The van der Waals surface area contributed by atoms with Crippen molar-refractivity contribution in [1.82, 2.24) is 0 Å². The molecule has 6 rings (SSSR count). The van der Waals surface area contributed by atoms with Crippen LogP contribution in [0.1, 0.15) is 19.5 Å². The van der Waals surface area contributed by atoms with Crippen molar-refractivity contribution >= 4 is 97.8 Å². The molecule has 0 N–H and O–H groups in total. The smallest absolute Gasteiger partial charge is 0.110 e. The van der Waals surface area contributed by atoms with Crippen molar-refractivity contribution in [2.75, 3.05) is 0 Å². The molecule has 2 nitrogen and oxygen atoms in total. The lowest BCUT2D eigenvalue weighted by Gasteiger charge is -1.90. The Morgan fingerprint density at radius 1 is 0.533 bits per heavy atom. The summed E-state index contributed by atoms with van der Waals surface area (Å²) < 4.78 is 4.80. The van der Waals surface area contributed by atoms with E-state index in [9.17, 15) is 10.5 Å². The van der Waals surface area contributed by atoms with Gasteiger partial charge in [-0.3, -0.25) is 0 Å². The van der Waals surface area contributed by atoms with Crippen LogP contribution in [0.25, 0.3) is 52.5 Å². The van der Waals surface area contributed by atoms with Gasteiger partial charge in [0.1, 0.15) is 21.9 Å². The van der Waals surface area contributed by atoms with E-state index in [1.165, 1.54) is 40.7 Å². The molecule has 0 amide bonds. The highest BCUT2D eigenvalue weighted by atomic mass is 32.1. The van der Waals surface area contributed by atoms with Gasteiger partial charge in [-0.15, -0.1) is 45.3 Å². The predicted molar refractivity (Wildman–Crippen MR) is 133 cm³/mol. The number of thiophene rings is 4. The van der Waals surface area contributed by atoms with E-state index in [0.717, 1.165) is 19.2 Å². The Labute approximate surface area is 187 Å². The number of rotatable bonds is 2. The summed E-state index contributed by atoms with van der Waals surface area (Å²) in [4.78, 5) is 3.91. The molecule has 30 heavy (non-hydrogen) atoms. The molecule has 4 heterocycles. The van der Waals surface area contributed by atoms with Crippen LogP contribution in [0.15, 0.2) is 48.5 Å². The minimum absolute atomic E-state index is 0.755. The average molecular weight is 455 g/mol. The van der Waals surface area contributed by atoms with Gasteiger partial charge in [0.25, 0.3) is 0 Å². The van der Waals surface area contributed by atoms with E-state index in [2.05, 4.69) is 60.7 Å². The minimum Gasteiger partial charge on any atom is -0.192 e. The zero-order valence-electron chi connectivity index (χ0n) is 15.3. The fourth-order valence-electron chi connectivity index (χ4n) is 3.74. The monoisotopic (exact) mass is 454 g/mol. The van der Waals surface area contributed by atoms with Crippen molar-refractivity contribution in [3.63, 3.8) is 0 Å². The Morgan fingerprint density at radius 2 is 0.900 bits per heavy atom. The van der Waals surface area contributed by atoms with E-state index in [-0.39, 0.29) is 0 Å². The topological polar surface area (TPSA) is 47.6 Å². The third-order valence-electron chi connectivity index (χ3n) is 5.07. The van der Waals surface area contributed by atoms with Gasteiger partial charge in [-0.05, 0) is 60.7 Å². The molecular formula is C24H10N2S4. The molecule has 0 aliphatic carbocycles. The lowest BCUT2D eigenvalue weighted by atomic mass is 10.1. The number of nitrogens with zero attached hydrogens (tertiary/aromatic N) is 2. The Hall–Kier alpha value is -3.00. The summed E-state index contributed by atoms with van der Waals surface area (Å²) in [5.41, 5.74) is 0. The van der Waals surface area contributed by atoms with Crippen molar-refractivity contribution in [3.8, 4) is 12.1 Å². The van der Waals surface area contributed by atoms with Gasteiger partial charge in [0.05, 0.1) is 0 Å². The van der Waals surface area contributed by atoms with Gasteiger partial charge in [0, 0.05) is 50.1 Å². The second-order valence-corrected chi connectivity index (χ2v) is 11.3. The molecular weight excluding hydrogens is 445 g/mol. The van der Waals surface area contributed by atoms with Crippen molar-refractivity contribution in [2.24, 2.45) is 0 Å². The molecule has 140 valence electrons. The average Bonchev–Trinajstić information content (AvgIpc) is 3.53. The number of fused-ring (bicyclic) bond motifs is 6. The number of benzene rings is 2. The first kappa shape index (κ1) is 17.8. The van der Waals surface area contributed by atoms with E-state index >= 15 is 0 Å². The van der Waals surface area contributed by atoms with E-state index in [1.807, 2.05) is 12.1 Å². The van der Waals surface area contributed by atoms with E-state index in [0.29, 0.717) is 0 Å². The van der Waals surface area contributed by atoms with Crippen LogP contribution in [0, 0.1) is 22.7 Å². The van der Waals surface area contributed by atoms with Gasteiger partial charge in [-0.2, -0.15) is 10.5 Å². The molecule has 0 saturated heterocycles. The summed E-state index contributed by atoms with van der Waals surface area (Å²) in [7, 11) is 0. The molecule has 0 atom stereocenters. The molecule has 0 aliphatic heterocycles. The summed E-state index contributed by atoms with van der Waals surface area (Å²) in [5.74, 6) is 0. The van der Waals surface area contributed by atoms with Crippen LogP contribution in [-0.4, -0.2) is 0 Å². The first-order valence-corrected chi connectivity index (χ1v) is 12.4. The molecule has 6 heteroatoms. The third-order valence-corrected chi connectivity index (χ3v) is 9.21. The molecule has 0 bridgehead atoms. The van der Waals surface area contributed by atoms with Crippen LogP contribution >= 0.6 is 45.3 Å². The molecule has 0 radical (unpaired) electrons. The Kier molecular flexibility index (Phi) is 4.02. The molecule has 2 aromatic carbocycles. The molecule has 0 aliphatic rings. The second kappa shape index (κ2) is 6.77. The van der Waals surface area contributed by atoms with Crippen molar-refractivity contribution in [2.45, 2.75) is 0 Å². The first-order valence-electron chi connectivity index (χ1n) is 9.12. The maximum atomic E-state index is 9.21. The summed E-state index contributed by atoms with van der Waals surface area (Å²) in [5, 5.41) is 23.2. The van der Waals surface area contributed by atoms with Crippen LogP contribution < -0.4 is 0 Å². The summed E-state index contributed by atoms with van der Waals surface area (Å²) in [6.45, 7) is 0. The number of hydrogen-bond donors (Lipinski definition) is 0. The maximum Gasteiger partial charge on any atom is 0.110 e. The van der Waals surface area contributed by atoms with Crippen molar-refractivity contribution in [1.29, 1.82) is 10.5 Å². The summed E-state index contributed by atoms with van der Waals surface area (Å²) in [6, 6.07) is 21.5. The summed E-state index contributed by atoms with van der Waals surface area (Å²) in [6.07, 6.45) is 4.34. The lowest BCUT2D eigenvalue weighted by molar-refractivity contribution is 1.52. The number of nitriles is 2. The quantitative estimate of drug-likeness (QED) is 0.263. The lowest BCUT2D eigenvalue weighted by Crippen LogP contribution is -1.64. The van der Waals surface area contributed by atoms with E-state index in [4.69, 9.17) is 0 Å². The molecule has 0 spiro atoms. The van der Waals surface area contributed by atoms with Crippen LogP contribution in [0.3, 0.4) is 0 Å². The first-order chi connectivity index (χ1) is 14.7. The molecule has 0 fully saturated rings. The third kappa shape index (κ3) is 2.78. The van der Waals surface area contributed by atoms with Crippen LogP contribution in [0.2, 0.25) is 0 Å². The molecule has 0 saturated carbocycles. The van der Waals surface area contributed by atoms with Crippen LogP contribution in [0.4, 0.5) is 0 Å². The highest BCUT2D eigenvalue weighted by Crippen LogP contribution is 2.38. The van der Waals surface area contributed by atoms with Crippen molar-refractivity contribution < 1.29 is 0 Å². The fourth-order valence-corrected chi connectivity index (χ4v) is 7.45. The zero-order chi connectivity index (χ0) is 20.2. The highest BCUT2D eigenvalue weighted by Gasteiger charge is 2.10. The standard InChI is InChI=1S/C24H10N2S4/c25-11-15-9-19-17-7-13(27-21(17)3-5-23(19)29-15)1-2-14-8-18-20-10-16(12-26)30-24(20)6-4-22(18)28-14/h1-10H/b2-1+. The minimum atomic E-state index is 0.755. The van der Waals surface area contributed by atoms with Gasteiger partial charge < -0.3 is 0 Å². The molecule has 6 aromatic rings. The highest BCUT2D eigenvalue weighted by molar-refractivity contribution is 7.22. The fraction of sp³-hybridized carbons (Fsp3) is 0. The van der Waals surface area contributed by atoms with Gasteiger partial charge in [0.15, 0.2) is 0 Å². The van der Waals surface area contributed by atoms with E-state index in [1.54, 1.807) is 45.3 Å². The second-order valence-electron chi connectivity index (χ2n) is 6.85. The largest absolute Gasteiger partial charge is 0.192 e. The summed E-state index contributed by atoms with van der Waals surface area (Å²) >= 11 is 6.63. The van der Waals surface area contributed by atoms with Crippen molar-refractivity contribution in [3.05, 3.63) is 68.0 Å².